The summed E-state index contributed by atoms with van der Waals surface area (Å²) in [6.45, 7) is 9.22. The summed E-state index contributed by atoms with van der Waals surface area (Å²) in [5, 5.41) is 8.29. The van der Waals surface area contributed by atoms with Gasteiger partial charge in [-0.05, 0) is 32.4 Å². The Morgan fingerprint density at radius 1 is 1.24 bits per heavy atom. The van der Waals surface area contributed by atoms with Crippen LogP contribution in [-0.4, -0.2) is 58.3 Å². The Morgan fingerprint density at radius 2 is 2.12 bits per heavy atom. The normalized spacial score (nSPS) is 27.7. The van der Waals surface area contributed by atoms with Crippen molar-refractivity contribution in [2.45, 2.75) is 45.1 Å². The van der Waals surface area contributed by atoms with Crippen molar-refractivity contribution in [3.63, 3.8) is 0 Å². The van der Waals surface area contributed by atoms with Crippen LogP contribution in [0, 0.1) is 5.92 Å². The number of piperidine rings is 1. The first-order valence-corrected chi connectivity index (χ1v) is 9.30. The number of nitrogens with zero attached hydrogens (tertiary/aromatic N) is 5. The minimum Gasteiger partial charge on any atom is -0.364 e. The Hall–Kier alpha value is -1.73. The van der Waals surface area contributed by atoms with Crippen molar-refractivity contribution in [1.29, 1.82) is 0 Å². The lowest BCUT2D eigenvalue weighted by Gasteiger charge is -2.39. The fourth-order valence-electron chi connectivity index (χ4n) is 4.46. The molecule has 136 valence electrons. The maximum Gasteiger partial charge on any atom is 0.234 e. The zero-order valence-corrected chi connectivity index (χ0v) is 15.4. The highest BCUT2D eigenvalue weighted by Crippen LogP contribution is 2.44. The highest BCUT2D eigenvalue weighted by atomic mass is 16.5. The van der Waals surface area contributed by atoms with Crippen LogP contribution in [0.15, 0.2) is 15.3 Å². The van der Waals surface area contributed by atoms with Crippen molar-refractivity contribution in [2.75, 3.05) is 33.2 Å². The second-order valence-corrected chi connectivity index (χ2v) is 7.54. The summed E-state index contributed by atoms with van der Waals surface area (Å²) in [6, 6.07) is 0. The number of rotatable bonds is 5. The summed E-state index contributed by atoms with van der Waals surface area (Å²) in [6.07, 6.45) is 4.58. The fourth-order valence-corrected chi connectivity index (χ4v) is 4.46. The number of hydrogen-bond acceptors (Lipinski definition) is 7. The number of aryl methyl sites for hydroxylation is 2. The van der Waals surface area contributed by atoms with Crippen LogP contribution < -0.4 is 0 Å². The van der Waals surface area contributed by atoms with Crippen LogP contribution in [0.25, 0.3) is 0 Å². The van der Waals surface area contributed by atoms with Gasteiger partial charge < -0.3 is 13.9 Å². The second-order valence-electron chi connectivity index (χ2n) is 7.54. The van der Waals surface area contributed by atoms with E-state index in [0.717, 1.165) is 69.4 Å². The number of aromatic nitrogens is 3. The van der Waals surface area contributed by atoms with Gasteiger partial charge in [-0.15, -0.1) is 0 Å². The molecule has 0 amide bonds. The van der Waals surface area contributed by atoms with Gasteiger partial charge in [-0.3, -0.25) is 4.90 Å². The van der Waals surface area contributed by atoms with Gasteiger partial charge in [-0.1, -0.05) is 24.2 Å². The van der Waals surface area contributed by atoms with Crippen molar-refractivity contribution >= 4 is 0 Å². The molecule has 2 aliphatic rings. The summed E-state index contributed by atoms with van der Waals surface area (Å²) in [5.41, 5.74) is 2.24. The molecule has 2 atom stereocenters. The van der Waals surface area contributed by atoms with Crippen molar-refractivity contribution in [2.24, 2.45) is 5.92 Å². The molecule has 2 aliphatic heterocycles. The van der Waals surface area contributed by atoms with Crippen LogP contribution in [0.3, 0.4) is 0 Å². The zero-order valence-electron chi connectivity index (χ0n) is 15.4. The minimum atomic E-state index is -0.0174. The molecule has 2 aromatic heterocycles. The van der Waals surface area contributed by atoms with Gasteiger partial charge in [-0.25, -0.2) is 0 Å². The first kappa shape index (κ1) is 16.7. The number of fused-ring (bicyclic) bond motifs is 1. The van der Waals surface area contributed by atoms with Crippen molar-refractivity contribution in [1.82, 2.24) is 25.1 Å². The molecule has 0 saturated carbocycles. The molecule has 7 heteroatoms. The number of likely N-dealkylation sites (tertiary alicyclic amines) is 2. The molecule has 0 bridgehead atoms. The van der Waals surface area contributed by atoms with Crippen LogP contribution >= 0.6 is 0 Å². The Kier molecular flexibility index (Phi) is 4.37. The second kappa shape index (κ2) is 6.53. The Labute approximate surface area is 148 Å². The summed E-state index contributed by atoms with van der Waals surface area (Å²) in [7, 11) is 2.20. The molecular weight excluding hydrogens is 318 g/mol. The lowest BCUT2D eigenvalue weighted by molar-refractivity contribution is 0.118. The summed E-state index contributed by atoms with van der Waals surface area (Å²) in [5.74, 6) is 2.17. The largest absolute Gasteiger partial charge is 0.364 e. The monoisotopic (exact) mass is 345 g/mol. The quantitative estimate of drug-likeness (QED) is 0.819. The lowest BCUT2D eigenvalue weighted by Crippen LogP contribution is -2.48. The predicted molar refractivity (Wildman–Crippen MR) is 92.1 cm³/mol. The first-order valence-electron chi connectivity index (χ1n) is 9.30. The van der Waals surface area contributed by atoms with Gasteiger partial charge in [0.1, 0.15) is 6.26 Å². The molecule has 4 heterocycles. The molecule has 0 spiro atoms. The third-order valence-electron chi connectivity index (χ3n) is 5.91. The Morgan fingerprint density at radius 3 is 2.88 bits per heavy atom. The van der Waals surface area contributed by atoms with Crippen LogP contribution in [0.5, 0.6) is 0 Å². The van der Waals surface area contributed by atoms with E-state index in [1.54, 1.807) is 6.26 Å². The maximum atomic E-state index is 5.73. The van der Waals surface area contributed by atoms with E-state index in [9.17, 15) is 0 Å². The van der Waals surface area contributed by atoms with Gasteiger partial charge in [0.15, 0.2) is 5.82 Å². The van der Waals surface area contributed by atoms with Gasteiger partial charge in [0, 0.05) is 38.2 Å². The van der Waals surface area contributed by atoms with E-state index in [4.69, 9.17) is 14.0 Å². The van der Waals surface area contributed by atoms with Crippen molar-refractivity contribution in [3.8, 4) is 0 Å². The standard InChI is InChI=1S/C18H27N5O2/c1-4-15-13(11-24-20-15)8-23-10-14-9-22(3)7-6-18(14,12-23)17-19-16(5-2)21-25-17/h11,14H,4-10,12H2,1-3H3/t14-,18-/m1/s1. The molecule has 2 fully saturated rings. The summed E-state index contributed by atoms with van der Waals surface area (Å²) >= 11 is 0. The summed E-state index contributed by atoms with van der Waals surface area (Å²) in [4.78, 5) is 9.64. The Balaban J connectivity index is 1.60. The highest BCUT2D eigenvalue weighted by molar-refractivity contribution is 5.20. The average Bonchev–Trinajstić information content (AvgIpc) is 3.32. The smallest absolute Gasteiger partial charge is 0.234 e. The SMILES string of the molecule is CCc1noc([C@@]23CCN(C)C[C@@H]2CN(Cc2conc2CC)C3)n1. The third kappa shape index (κ3) is 2.89. The molecule has 4 rings (SSSR count). The van der Waals surface area contributed by atoms with Crippen LogP contribution in [0.2, 0.25) is 0 Å². The van der Waals surface area contributed by atoms with E-state index in [2.05, 4.69) is 41.0 Å². The third-order valence-corrected chi connectivity index (χ3v) is 5.91. The molecule has 0 radical (unpaired) electrons. The topological polar surface area (TPSA) is 71.4 Å². The molecule has 0 unspecified atom stereocenters. The zero-order chi connectivity index (χ0) is 17.4. The molecule has 2 saturated heterocycles. The van der Waals surface area contributed by atoms with E-state index in [-0.39, 0.29) is 5.41 Å². The van der Waals surface area contributed by atoms with Crippen molar-refractivity contribution in [3.05, 3.63) is 29.2 Å². The molecule has 0 aromatic carbocycles. The molecule has 2 aromatic rings. The van der Waals surface area contributed by atoms with Crippen LogP contribution in [0.4, 0.5) is 0 Å². The van der Waals surface area contributed by atoms with Crippen LogP contribution in [0.1, 0.15) is 43.2 Å². The molecule has 7 nitrogen and oxygen atoms in total. The maximum absolute atomic E-state index is 5.73. The van der Waals surface area contributed by atoms with Gasteiger partial charge in [0.25, 0.3) is 0 Å². The fraction of sp³-hybridized carbons (Fsp3) is 0.722. The van der Waals surface area contributed by atoms with E-state index < -0.39 is 0 Å². The van der Waals surface area contributed by atoms with Crippen LogP contribution in [-0.2, 0) is 24.8 Å². The average molecular weight is 345 g/mol. The van der Waals surface area contributed by atoms with Gasteiger partial charge in [0.05, 0.1) is 11.1 Å². The van der Waals surface area contributed by atoms with E-state index in [1.165, 1.54) is 5.56 Å². The number of hydrogen-bond donors (Lipinski definition) is 0. The van der Waals surface area contributed by atoms with Gasteiger partial charge in [-0.2, -0.15) is 4.98 Å². The lowest BCUT2D eigenvalue weighted by atomic mass is 9.72. The van der Waals surface area contributed by atoms with Crippen molar-refractivity contribution < 1.29 is 9.05 Å². The highest BCUT2D eigenvalue weighted by Gasteiger charge is 2.53. The van der Waals surface area contributed by atoms with Gasteiger partial charge >= 0.3 is 0 Å². The Bertz CT molecular complexity index is 727. The van der Waals surface area contributed by atoms with E-state index in [1.807, 2.05) is 0 Å². The molecule has 0 aliphatic carbocycles. The molecule has 0 N–H and O–H groups in total. The minimum absolute atomic E-state index is 0.0174. The predicted octanol–water partition coefficient (Wildman–Crippen LogP) is 1.89. The summed E-state index contributed by atoms with van der Waals surface area (Å²) < 4.78 is 10.9. The van der Waals surface area contributed by atoms with E-state index >= 15 is 0 Å². The van der Waals surface area contributed by atoms with Gasteiger partial charge in [0.2, 0.25) is 5.89 Å². The van der Waals surface area contributed by atoms with E-state index in [0.29, 0.717) is 5.92 Å². The molecule has 25 heavy (non-hydrogen) atoms. The first-order chi connectivity index (χ1) is 12.1. The molecular formula is C18H27N5O2.